The van der Waals surface area contributed by atoms with Gasteiger partial charge in [0.1, 0.15) is 12.3 Å². The zero-order valence-corrected chi connectivity index (χ0v) is 22.9. The molecule has 0 aromatic heterocycles. The minimum absolute atomic E-state index is 0.0813. The van der Waals surface area contributed by atoms with Gasteiger partial charge in [-0.3, -0.25) is 0 Å². The Bertz CT molecular complexity index is 1070. The van der Waals surface area contributed by atoms with E-state index in [1.807, 2.05) is 12.1 Å². The maximum atomic E-state index is 15.8. The number of ether oxygens (including phenoxy) is 1. The van der Waals surface area contributed by atoms with Crippen LogP contribution in [0.5, 0.6) is 5.75 Å². The number of hydrogen-bond donors (Lipinski definition) is 0. The molecule has 1 nitrogen and oxygen atoms in total. The highest BCUT2D eigenvalue weighted by Gasteiger charge is 2.48. The molecule has 0 spiro atoms. The van der Waals surface area contributed by atoms with Crippen LogP contribution in [0.25, 0.3) is 11.1 Å². The predicted molar refractivity (Wildman–Crippen MR) is 147 cm³/mol. The molecule has 0 aliphatic heterocycles. The Morgan fingerprint density at radius 3 is 2.29 bits per heavy atom. The summed E-state index contributed by atoms with van der Waals surface area (Å²) in [6.45, 7) is 4.20. The summed E-state index contributed by atoms with van der Waals surface area (Å²) in [7, 11) is 0. The normalized spacial score (nSPS) is 25.7. The summed E-state index contributed by atoms with van der Waals surface area (Å²) >= 11 is 0. The van der Waals surface area contributed by atoms with Crippen molar-refractivity contribution in [3.63, 3.8) is 0 Å². The minimum Gasteiger partial charge on any atom is -0.486 e. The number of unbranched alkanes of at least 4 members (excludes halogenated alkanes) is 2. The Morgan fingerprint density at radius 2 is 1.63 bits per heavy atom. The molecule has 4 rings (SSSR count). The number of hydrogen-bond acceptors (Lipinski definition) is 1. The number of allylic oxidation sites excluding steroid dienone is 1. The molecule has 1 fully saturated rings. The molecule has 0 N–H and O–H groups in total. The van der Waals surface area contributed by atoms with Gasteiger partial charge in [-0.25, -0.2) is 13.2 Å². The Balaban J connectivity index is 1.34. The number of halogens is 4. The highest BCUT2D eigenvalue weighted by molar-refractivity contribution is 5.65. The lowest BCUT2D eigenvalue weighted by molar-refractivity contribution is -0.0206. The van der Waals surface area contributed by atoms with Gasteiger partial charge in [0.05, 0.1) is 0 Å². The zero-order chi connectivity index (χ0) is 27.1. The second-order valence-electron chi connectivity index (χ2n) is 11.3. The van der Waals surface area contributed by atoms with E-state index in [1.54, 1.807) is 12.1 Å². The second-order valence-corrected chi connectivity index (χ2v) is 11.3. The first-order valence-electron chi connectivity index (χ1n) is 14.6. The van der Waals surface area contributed by atoms with E-state index in [1.165, 1.54) is 43.9 Å². The van der Waals surface area contributed by atoms with Gasteiger partial charge in [0.15, 0.2) is 17.7 Å². The summed E-state index contributed by atoms with van der Waals surface area (Å²) in [6.07, 6.45) is 10.3. The van der Waals surface area contributed by atoms with Gasteiger partial charge in [-0.05, 0) is 78.8 Å². The van der Waals surface area contributed by atoms with E-state index in [0.29, 0.717) is 23.5 Å². The summed E-state index contributed by atoms with van der Waals surface area (Å²) in [5, 5.41) is 0. The van der Waals surface area contributed by atoms with Gasteiger partial charge in [0.25, 0.3) is 0 Å². The van der Waals surface area contributed by atoms with Gasteiger partial charge in [-0.2, -0.15) is 4.39 Å². The molecule has 2 aromatic carbocycles. The Kier molecular flexibility index (Phi) is 9.95. The summed E-state index contributed by atoms with van der Waals surface area (Å²) in [5.74, 6) is -1.87. The number of aryl methyl sites for hydroxylation is 1. The Labute approximate surface area is 225 Å². The first kappa shape index (κ1) is 28.7. The quantitative estimate of drug-likeness (QED) is 0.160. The molecule has 2 aliphatic carbocycles. The highest BCUT2D eigenvalue weighted by atomic mass is 19.2. The van der Waals surface area contributed by atoms with Crippen molar-refractivity contribution < 1.29 is 22.3 Å². The van der Waals surface area contributed by atoms with E-state index in [9.17, 15) is 8.78 Å². The van der Waals surface area contributed by atoms with E-state index in [4.69, 9.17) is 4.74 Å². The van der Waals surface area contributed by atoms with E-state index in [0.717, 1.165) is 44.1 Å². The van der Waals surface area contributed by atoms with Crippen LogP contribution in [0.1, 0.15) is 90.0 Å². The highest BCUT2D eigenvalue weighted by Crippen LogP contribution is 2.47. The fourth-order valence-corrected chi connectivity index (χ4v) is 6.26. The zero-order valence-electron chi connectivity index (χ0n) is 22.9. The lowest BCUT2D eigenvalue weighted by atomic mass is 9.68. The van der Waals surface area contributed by atoms with Crippen LogP contribution in [0, 0.1) is 23.5 Å². The summed E-state index contributed by atoms with van der Waals surface area (Å²) in [5.41, 5.74) is 0.660. The first-order valence-corrected chi connectivity index (χ1v) is 14.6. The number of alkyl halides is 2. The maximum absolute atomic E-state index is 15.8. The smallest absolute Gasteiger partial charge is 0.201 e. The third-order valence-electron chi connectivity index (χ3n) is 8.67. The molecule has 38 heavy (non-hydrogen) atoms. The van der Waals surface area contributed by atoms with Gasteiger partial charge in [0.2, 0.25) is 5.82 Å². The molecule has 1 saturated carbocycles. The van der Waals surface area contributed by atoms with Crippen molar-refractivity contribution in [1.82, 2.24) is 0 Å². The molecule has 0 bridgehead atoms. The van der Waals surface area contributed by atoms with Crippen LogP contribution in [-0.4, -0.2) is 18.4 Å². The summed E-state index contributed by atoms with van der Waals surface area (Å²) in [4.78, 5) is 0. The van der Waals surface area contributed by atoms with Crippen molar-refractivity contribution in [2.45, 2.75) is 103 Å². The topological polar surface area (TPSA) is 9.23 Å². The van der Waals surface area contributed by atoms with Gasteiger partial charge in [-0.1, -0.05) is 83.1 Å². The molecule has 2 aromatic rings. The van der Waals surface area contributed by atoms with Crippen LogP contribution in [0.15, 0.2) is 48.0 Å². The third kappa shape index (κ3) is 6.63. The molecule has 5 heteroatoms. The molecular formula is C33H42F4O. The van der Waals surface area contributed by atoms with Crippen LogP contribution in [0.2, 0.25) is 0 Å². The fraction of sp³-hybridized carbons (Fsp3) is 0.576. The molecule has 0 amide bonds. The molecule has 0 radical (unpaired) electrons. The van der Waals surface area contributed by atoms with Crippen molar-refractivity contribution in [2.75, 3.05) is 6.61 Å². The third-order valence-corrected chi connectivity index (χ3v) is 8.67. The predicted octanol–water partition coefficient (Wildman–Crippen LogP) is 10.1. The van der Waals surface area contributed by atoms with Crippen LogP contribution in [0.4, 0.5) is 17.6 Å². The number of benzene rings is 2. The number of rotatable bonds is 11. The lowest BCUT2D eigenvalue weighted by Crippen LogP contribution is -2.45. The van der Waals surface area contributed by atoms with Crippen LogP contribution in [0.3, 0.4) is 0 Å². The largest absolute Gasteiger partial charge is 0.486 e. The van der Waals surface area contributed by atoms with Gasteiger partial charge >= 0.3 is 0 Å². The fourth-order valence-electron chi connectivity index (χ4n) is 6.26. The first-order chi connectivity index (χ1) is 18.4. The maximum Gasteiger partial charge on any atom is 0.201 e. The standard InChI is InChI=1S/C33H42F4O/c1-3-5-6-8-24-11-15-27(16-12-24)33(37)20-19-25(21-30(33)34)22-38-29-18-17-28(31(35)32(29)36)26-13-9-23(7-4-2)10-14-26/h9-10,13-14,17-18,21,24,27,30H,3-8,11-12,15-16,19-20,22H2,1-2H3. The average molecular weight is 531 g/mol. The molecule has 2 atom stereocenters. The van der Waals surface area contributed by atoms with E-state index >= 15 is 8.78 Å². The van der Waals surface area contributed by atoms with Gasteiger partial charge in [0, 0.05) is 5.56 Å². The van der Waals surface area contributed by atoms with Crippen molar-refractivity contribution >= 4 is 0 Å². The molecule has 2 unspecified atom stereocenters. The van der Waals surface area contributed by atoms with E-state index in [2.05, 4.69) is 13.8 Å². The van der Waals surface area contributed by atoms with E-state index < -0.39 is 23.5 Å². The molecule has 208 valence electrons. The summed E-state index contributed by atoms with van der Waals surface area (Å²) in [6, 6.07) is 10.3. The SMILES string of the molecule is CCCCCC1CCC(C2(F)CCC(COc3ccc(-c4ccc(CCC)cc4)c(F)c3F)=CC2F)CC1. The monoisotopic (exact) mass is 530 g/mol. The minimum atomic E-state index is -1.84. The molecule has 0 heterocycles. The molecular weight excluding hydrogens is 488 g/mol. The van der Waals surface area contributed by atoms with Crippen molar-refractivity contribution in [1.29, 1.82) is 0 Å². The van der Waals surface area contributed by atoms with Crippen molar-refractivity contribution in [2.24, 2.45) is 11.8 Å². The second kappa shape index (κ2) is 13.2. The van der Waals surface area contributed by atoms with E-state index in [-0.39, 0.29) is 30.3 Å². The summed E-state index contributed by atoms with van der Waals surface area (Å²) < 4.78 is 66.2. The van der Waals surface area contributed by atoms with Crippen LogP contribution < -0.4 is 4.74 Å². The Morgan fingerprint density at radius 1 is 0.895 bits per heavy atom. The van der Waals surface area contributed by atoms with Gasteiger partial charge < -0.3 is 4.74 Å². The van der Waals surface area contributed by atoms with Crippen molar-refractivity contribution in [3.05, 3.63) is 65.2 Å². The molecule has 2 aliphatic rings. The van der Waals surface area contributed by atoms with Crippen LogP contribution >= 0.6 is 0 Å². The van der Waals surface area contributed by atoms with Gasteiger partial charge in [-0.15, -0.1) is 0 Å². The Hall–Kier alpha value is -2.30. The molecule has 0 saturated heterocycles. The van der Waals surface area contributed by atoms with Crippen LogP contribution in [-0.2, 0) is 6.42 Å². The lowest BCUT2D eigenvalue weighted by Gasteiger charge is -2.42. The average Bonchev–Trinajstić information content (AvgIpc) is 2.93. The van der Waals surface area contributed by atoms with Crippen molar-refractivity contribution in [3.8, 4) is 16.9 Å².